The van der Waals surface area contributed by atoms with Crippen LogP contribution in [0.3, 0.4) is 0 Å². The molecule has 2 aromatic heterocycles. The lowest BCUT2D eigenvalue weighted by Gasteiger charge is -2.12. The van der Waals surface area contributed by atoms with Crippen LogP contribution in [-0.4, -0.2) is 40.2 Å². The number of thiophene rings is 1. The van der Waals surface area contributed by atoms with E-state index in [0.717, 1.165) is 44.5 Å². The number of aromatic nitrogens is 3. The summed E-state index contributed by atoms with van der Waals surface area (Å²) in [6.07, 6.45) is 0.104. The van der Waals surface area contributed by atoms with Crippen molar-refractivity contribution in [2.45, 2.75) is 40.2 Å². The highest BCUT2D eigenvalue weighted by Gasteiger charge is 2.32. The van der Waals surface area contributed by atoms with E-state index in [1.807, 2.05) is 35.8 Å². The Hall–Kier alpha value is -3.78. The van der Waals surface area contributed by atoms with E-state index in [1.54, 1.807) is 25.4 Å². The Morgan fingerprint density at radius 2 is 1.61 bits per heavy atom. The third-order valence-corrected chi connectivity index (χ3v) is 7.68. The zero-order chi connectivity index (χ0) is 25.4. The van der Waals surface area contributed by atoms with Gasteiger partial charge in [-0.15, -0.1) is 21.5 Å². The summed E-state index contributed by atoms with van der Waals surface area (Å²) in [4.78, 5) is 18.9. The zero-order valence-electron chi connectivity index (χ0n) is 21.0. The van der Waals surface area contributed by atoms with E-state index in [2.05, 4.69) is 48.3 Å². The van der Waals surface area contributed by atoms with Gasteiger partial charge in [-0.3, -0.25) is 14.4 Å². The summed E-state index contributed by atoms with van der Waals surface area (Å²) >= 11 is 1.70. The van der Waals surface area contributed by atoms with Crippen molar-refractivity contribution in [1.82, 2.24) is 14.8 Å². The number of esters is 1. The Labute approximate surface area is 214 Å². The summed E-state index contributed by atoms with van der Waals surface area (Å²) in [7, 11) is 1.67. The van der Waals surface area contributed by atoms with Gasteiger partial charge in [-0.05, 0) is 56.5 Å². The third kappa shape index (κ3) is 4.22. The number of benzene rings is 2. The van der Waals surface area contributed by atoms with E-state index in [-0.39, 0.29) is 12.4 Å². The van der Waals surface area contributed by atoms with Crippen LogP contribution in [0.25, 0.3) is 16.1 Å². The lowest BCUT2D eigenvalue weighted by molar-refractivity contribution is -0.143. The summed E-state index contributed by atoms with van der Waals surface area (Å²) in [6, 6.07) is 15.9. The first-order valence-corrected chi connectivity index (χ1v) is 12.7. The van der Waals surface area contributed by atoms with Gasteiger partial charge in [0.2, 0.25) is 0 Å². The Kier molecular flexibility index (Phi) is 6.45. The molecule has 0 spiro atoms. The van der Waals surface area contributed by atoms with Crippen molar-refractivity contribution in [2.24, 2.45) is 4.99 Å². The lowest BCUT2D eigenvalue weighted by Crippen LogP contribution is -2.13. The molecule has 0 fully saturated rings. The molecule has 0 N–H and O–H groups in total. The number of hydrogen-bond donors (Lipinski definition) is 0. The molecule has 2 aromatic carbocycles. The van der Waals surface area contributed by atoms with Crippen LogP contribution in [0.5, 0.6) is 5.75 Å². The Morgan fingerprint density at radius 1 is 0.972 bits per heavy atom. The molecule has 184 valence electrons. The fourth-order valence-electron chi connectivity index (χ4n) is 4.51. The zero-order valence-corrected chi connectivity index (χ0v) is 21.8. The molecule has 0 unspecified atom stereocenters. The van der Waals surface area contributed by atoms with Gasteiger partial charge < -0.3 is 9.47 Å². The predicted molar refractivity (Wildman–Crippen MR) is 142 cm³/mol. The Morgan fingerprint density at radius 3 is 2.25 bits per heavy atom. The van der Waals surface area contributed by atoms with E-state index >= 15 is 0 Å². The molecular formula is C28H28N4O3S. The van der Waals surface area contributed by atoms with Gasteiger partial charge in [0.05, 0.1) is 25.8 Å². The maximum absolute atomic E-state index is 12.5. The second kappa shape index (κ2) is 9.70. The van der Waals surface area contributed by atoms with Gasteiger partial charge >= 0.3 is 5.97 Å². The van der Waals surface area contributed by atoms with E-state index in [1.165, 1.54) is 10.4 Å². The summed E-state index contributed by atoms with van der Waals surface area (Å²) in [5.41, 5.74) is 6.28. The molecule has 4 aromatic rings. The predicted octanol–water partition coefficient (Wildman–Crippen LogP) is 5.77. The average Bonchev–Trinajstić information content (AvgIpc) is 3.36. The molecule has 0 bridgehead atoms. The topological polar surface area (TPSA) is 78.6 Å². The molecule has 0 radical (unpaired) electrons. The molecule has 0 amide bonds. The van der Waals surface area contributed by atoms with Crippen LogP contribution >= 0.6 is 11.3 Å². The quantitative estimate of drug-likeness (QED) is 0.314. The fourth-order valence-corrected chi connectivity index (χ4v) is 5.72. The minimum absolute atomic E-state index is 0.104. The second-order valence-corrected chi connectivity index (χ2v) is 9.92. The highest BCUT2D eigenvalue weighted by molar-refractivity contribution is 7.15. The van der Waals surface area contributed by atoms with Crippen molar-refractivity contribution in [3.05, 3.63) is 81.7 Å². The molecule has 8 heteroatoms. The first-order valence-electron chi connectivity index (χ1n) is 11.9. The normalized spacial score (nSPS) is 14.5. The number of ether oxygens (including phenoxy) is 2. The smallest absolute Gasteiger partial charge is 0.308 e. The van der Waals surface area contributed by atoms with Gasteiger partial charge in [0.25, 0.3) is 0 Å². The first-order chi connectivity index (χ1) is 17.4. The van der Waals surface area contributed by atoms with Crippen LogP contribution in [0.1, 0.15) is 52.6 Å². The molecule has 0 saturated heterocycles. The summed E-state index contributed by atoms with van der Waals surface area (Å²) < 4.78 is 12.6. The van der Waals surface area contributed by atoms with Crippen LogP contribution in [0.4, 0.5) is 0 Å². The number of carbonyl (C=O) groups is 1. The second-order valence-electron chi connectivity index (χ2n) is 8.71. The highest BCUT2D eigenvalue weighted by Crippen LogP contribution is 2.39. The summed E-state index contributed by atoms with van der Waals surface area (Å²) in [5, 5.41) is 9.80. The standard InChI is InChI=1S/C28H28N4O3S/c1-6-35-24(33)15-23-27-31-30-18(4)32(27)28-25(16(2)17(3)36-28)26(29-23)21-9-7-19(8-10-21)20-11-13-22(34-5)14-12-20/h7-14,23H,6,15H2,1-5H3/t23-/m0/s1. The minimum Gasteiger partial charge on any atom is -0.497 e. The molecule has 5 rings (SSSR count). The van der Waals surface area contributed by atoms with Crippen LogP contribution in [0, 0.1) is 20.8 Å². The molecular weight excluding hydrogens is 472 g/mol. The number of aryl methyl sites for hydroxylation is 2. The van der Waals surface area contributed by atoms with E-state index < -0.39 is 6.04 Å². The van der Waals surface area contributed by atoms with Gasteiger partial charge in [-0.1, -0.05) is 36.4 Å². The lowest BCUT2D eigenvalue weighted by atomic mass is 9.97. The number of aliphatic imine (C=N–C) groups is 1. The number of nitrogens with zero attached hydrogens (tertiary/aromatic N) is 4. The van der Waals surface area contributed by atoms with Gasteiger partial charge in [-0.25, -0.2) is 0 Å². The van der Waals surface area contributed by atoms with Crippen LogP contribution in [-0.2, 0) is 9.53 Å². The largest absolute Gasteiger partial charge is 0.497 e. The molecule has 0 aliphatic carbocycles. The molecule has 36 heavy (non-hydrogen) atoms. The molecule has 1 aliphatic rings. The van der Waals surface area contributed by atoms with E-state index in [9.17, 15) is 4.79 Å². The van der Waals surface area contributed by atoms with E-state index in [4.69, 9.17) is 14.5 Å². The van der Waals surface area contributed by atoms with E-state index in [0.29, 0.717) is 12.4 Å². The van der Waals surface area contributed by atoms with Crippen LogP contribution in [0.15, 0.2) is 53.5 Å². The van der Waals surface area contributed by atoms with Crippen molar-refractivity contribution in [2.75, 3.05) is 13.7 Å². The maximum Gasteiger partial charge on any atom is 0.308 e. The first kappa shape index (κ1) is 23.9. The fraction of sp³-hybridized carbons (Fsp3) is 0.286. The van der Waals surface area contributed by atoms with Crippen molar-refractivity contribution < 1.29 is 14.3 Å². The highest BCUT2D eigenvalue weighted by atomic mass is 32.1. The molecule has 0 saturated carbocycles. The number of hydrogen-bond acceptors (Lipinski definition) is 7. The minimum atomic E-state index is -0.499. The summed E-state index contributed by atoms with van der Waals surface area (Å²) in [5.74, 6) is 1.96. The van der Waals surface area contributed by atoms with Gasteiger partial charge in [0.1, 0.15) is 22.6 Å². The number of methoxy groups -OCH3 is 1. The maximum atomic E-state index is 12.5. The Bertz CT molecular complexity index is 1450. The molecule has 3 heterocycles. The third-order valence-electron chi connectivity index (χ3n) is 6.49. The van der Waals surface area contributed by atoms with Gasteiger partial charge in [-0.2, -0.15) is 0 Å². The van der Waals surface area contributed by atoms with Gasteiger partial charge in [0.15, 0.2) is 5.82 Å². The van der Waals surface area contributed by atoms with Crippen molar-refractivity contribution in [1.29, 1.82) is 0 Å². The van der Waals surface area contributed by atoms with Gasteiger partial charge in [0, 0.05) is 16.0 Å². The monoisotopic (exact) mass is 500 g/mol. The van der Waals surface area contributed by atoms with Crippen LogP contribution < -0.4 is 4.74 Å². The number of carbonyl (C=O) groups excluding carboxylic acids is 1. The number of fused-ring (bicyclic) bond motifs is 3. The molecule has 7 nitrogen and oxygen atoms in total. The van der Waals surface area contributed by atoms with Crippen LogP contribution in [0.2, 0.25) is 0 Å². The SMILES string of the molecule is CCOC(=O)C[C@@H]1N=C(c2ccc(-c3ccc(OC)cc3)cc2)c2c(sc(C)c2C)-n2c(C)nnc21. The van der Waals surface area contributed by atoms with Crippen molar-refractivity contribution in [3.8, 4) is 21.9 Å². The number of rotatable bonds is 6. The summed E-state index contributed by atoms with van der Waals surface area (Å²) in [6.45, 7) is 8.30. The average molecular weight is 501 g/mol. The molecule has 1 aliphatic heterocycles. The Balaban J connectivity index is 1.63. The molecule has 1 atom stereocenters. The van der Waals surface area contributed by atoms with Crippen molar-refractivity contribution in [3.63, 3.8) is 0 Å². The van der Waals surface area contributed by atoms with Crippen molar-refractivity contribution >= 4 is 23.0 Å².